The molecule has 1 heterocycles. The average Bonchev–Trinajstić information content (AvgIpc) is 2.89. The van der Waals surface area contributed by atoms with E-state index in [1.165, 1.54) is 0 Å². The van der Waals surface area contributed by atoms with Crippen LogP contribution in [-0.4, -0.2) is 31.1 Å². The molecule has 0 aliphatic heterocycles. The monoisotopic (exact) mass is 277 g/mol. The van der Waals surface area contributed by atoms with Gasteiger partial charge < -0.3 is 19.5 Å². The smallest absolute Gasteiger partial charge is 0.203 e. The number of methoxy groups -OCH3 is 3. The van der Waals surface area contributed by atoms with Crippen LogP contribution in [0.2, 0.25) is 0 Å². The summed E-state index contributed by atoms with van der Waals surface area (Å²) >= 11 is 0. The second-order valence-corrected chi connectivity index (χ2v) is 4.23. The maximum Gasteiger partial charge on any atom is 0.203 e. The van der Waals surface area contributed by atoms with E-state index in [9.17, 15) is 0 Å². The van der Waals surface area contributed by atoms with Crippen LogP contribution in [0.1, 0.15) is 5.56 Å². The fraction of sp³-hybridized carbons (Fsp3) is 0.357. The summed E-state index contributed by atoms with van der Waals surface area (Å²) in [6, 6.07) is 5.76. The van der Waals surface area contributed by atoms with E-state index in [0.29, 0.717) is 23.8 Å². The Balaban J connectivity index is 2.21. The highest BCUT2D eigenvalue weighted by Gasteiger charge is 2.13. The molecule has 1 N–H and O–H groups in total. The van der Waals surface area contributed by atoms with Crippen LogP contribution in [0.15, 0.2) is 24.4 Å². The average molecular weight is 277 g/mol. The standard InChI is InChI=1S/C14H19N3O3/c1-17-13(5-6-16-17)15-9-10-7-11(18-2)14(20-4)12(8-10)19-3/h5-8,15H,9H2,1-4H3. The fourth-order valence-electron chi connectivity index (χ4n) is 1.98. The first-order valence-electron chi connectivity index (χ1n) is 6.20. The summed E-state index contributed by atoms with van der Waals surface area (Å²) in [5.41, 5.74) is 1.03. The topological polar surface area (TPSA) is 57.5 Å². The van der Waals surface area contributed by atoms with Crippen LogP contribution < -0.4 is 19.5 Å². The lowest BCUT2D eigenvalue weighted by Gasteiger charge is -2.14. The van der Waals surface area contributed by atoms with Crippen molar-refractivity contribution in [2.45, 2.75) is 6.54 Å². The lowest BCUT2D eigenvalue weighted by Crippen LogP contribution is -2.05. The van der Waals surface area contributed by atoms with Gasteiger partial charge in [-0.1, -0.05) is 0 Å². The Hall–Kier alpha value is -2.37. The van der Waals surface area contributed by atoms with E-state index >= 15 is 0 Å². The molecule has 0 spiro atoms. The van der Waals surface area contributed by atoms with Gasteiger partial charge in [0.15, 0.2) is 11.5 Å². The molecular formula is C14H19N3O3. The van der Waals surface area contributed by atoms with Crippen molar-refractivity contribution in [1.82, 2.24) is 9.78 Å². The molecule has 1 aromatic carbocycles. The third-order valence-electron chi connectivity index (χ3n) is 3.02. The lowest BCUT2D eigenvalue weighted by atomic mass is 10.2. The summed E-state index contributed by atoms with van der Waals surface area (Å²) in [5.74, 6) is 2.83. The van der Waals surface area contributed by atoms with Crippen LogP contribution in [0, 0.1) is 0 Å². The van der Waals surface area contributed by atoms with Crippen molar-refractivity contribution < 1.29 is 14.2 Å². The number of hydrogen-bond acceptors (Lipinski definition) is 5. The number of aryl methyl sites for hydroxylation is 1. The summed E-state index contributed by atoms with van der Waals surface area (Å²) < 4.78 is 17.7. The van der Waals surface area contributed by atoms with Gasteiger partial charge in [0.2, 0.25) is 5.75 Å². The van der Waals surface area contributed by atoms with E-state index < -0.39 is 0 Å². The maximum atomic E-state index is 5.33. The van der Waals surface area contributed by atoms with Crippen LogP contribution >= 0.6 is 0 Å². The normalized spacial score (nSPS) is 10.2. The molecule has 0 amide bonds. The zero-order valence-electron chi connectivity index (χ0n) is 12.1. The molecule has 0 aliphatic rings. The number of rotatable bonds is 6. The summed E-state index contributed by atoms with van der Waals surface area (Å²) in [4.78, 5) is 0. The molecule has 0 bridgehead atoms. The van der Waals surface area contributed by atoms with Crippen LogP contribution in [-0.2, 0) is 13.6 Å². The van der Waals surface area contributed by atoms with Crippen molar-refractivity contribution in [3.8, 4) is 17.2 Å². The van der Waals surface area contributed by atoms with E-state index in [0.717, 1.165) is 11.4 Å². The Morgan fingerprint density at radius 2 is 1.75 bits per heavy atom. The number of hydrogen-bond donors (Lipinski definition) is 1. The van der Waals surface area contributed by atoms with Crippen molar-refractivity contribution in [2.75, 3.05) is 26.6 Å². The summed E-state index contributed by atoms with van der Waals surface area (Å²) in [5, 5.41) is 7.41. The lowest BCUT2D eigenvalue weighted by molar-refractivity contribution is 0.324. The third-order valence-corrected chi connectivity index (χ3v) is 3.02. The van der Waals surface area contributed by atoms with Crippen LogP contribution in [0.5, 0.6) is 17.2 Å². The molecule has 20 heavy (non-hydrogen) atoms. The molecule has 0 atom stereocenters. The quantitative estimate of drug-likeness (QED) is 0.876. The molecule has 0 radical (unpaired) electrons. The minimum atomic E-state index is 0.597. The fourth-order valence-corrected chi connectivity index (χ4v) is 1.98. The minimum absolute atomic E-state index is 0.597. The largest absolute Gasteiger partial charge is 0.493 e. The molecule has 2 aromatic rings. The predicted molar refractivity (Wildman–Crippen MR) is 76.6 cm³/mol. The van der Waals surface area contributed by atoms with Gasteiger partial charge in [0.1, 0.15) is 5.82 Å². The van der Waals surface area contributed by atoms with E-state index in [1.807, 2.05) is 25.2 Å². The Bertz CT molecular complexity index is 556. The highest BCUT2D eigenvalue weighted by atomic mass is 16.5. The van der Waals surface area contributed by atoms with Gasteiger partial charge in [-0.05, 0) is 17.7 Å². The second-order valence-electron chi connectivity index (χ2n) is 4.23. The molecule has 0 aliphatic carbocycles. The Kier molecular flexibility index (Phi) is 4.34. The highest BCUT2D eigenvalue weighted by Crippen LogP contribution is 2.38. The van der Waals surface area contributed by atoms with Crippen molar-refractivity contribution >= 4 is 5.82 Å². The van der Waals surface area contributed by atoms with Gasteiger partial charge in [-0.2, -0.15) is 5.10 Å². The number of benzene rings is 1. The zero-order chi connectivity index (χ0) is 14.5. The third kappa shape index (κ3) is 2.79. The maximum absolute atomic E-state index is 5.33. The van der Waals surface area contributed by atoms with Crippen molar-refractivity contribution in [3.05, 3.63) is 30.0 Å². The van der Waals surface area contributed by atoms with Crippen LogP contribution in [0.25, 0.3) is 0 Å². The molecule has 0 saturated carbocycles. The minimum Gasteiger partial charge on any atom is -0.493 e. The van der Waals surface area contributed by atoms with E-state index in [2.05, 4.69) is 10.4 Å². The van der Waals surface area contributed by atoms with Crippen LogP contribution in [0.4, 0.5) is 5.82 Å². The first kappa shape index (κ1) is 14.0. The predicted octanol–water partition coefficient (Wildman–Crippen LogP) is 2.06. The zero-order valence-corrected chi connectivity index (χ0v) is 12.1. The summed E-state index contributed by atoms with van der Waals surface area (Å²) in [6.07, 6.45) is 1.75. The molecule has 108 valence electrons. The Morgan fingerprint density at radius 3 is 2.20 bits per heavy atom. The molecule has 6 heteroatoms. The highest BCUT2D eigenvalue weighted by molar-refractivity contribution is 5.54. The Labute approximate surface area is 118 Å². The molecule has 2 rings (SSSR count). The first-order valence-corrected chi connectivity index (χ1v) is 6.20. The van der Waals surface area contributed by atoms with E-state index in [-0.39, 0.29) is 0 Å². The van der Waals surface area contributed by atoms with Gasteiger partial charge in [0.05, 0.1) is 27.5 Å². The molecule has 6 nitrogen and oxygen atoms in total. The van der Waals surface area contributed by atoms with Crippen molar-refractivity contribution in [3.63, 3.8) is 0 Å². The molecule has 0 saturated heterocycles. The first-order chi connectivity index (χ1) is 9.69. The summed E-state index contributed by atoms with van der Waals surface area (Å²) in [6.45, 7) is 0.635. The SMILES string of the molecule is COc1cc(CNc2ccnn2C)cc(OC)c1OC. The number of anilines is 1. The molecule has 1 aromatic heterocycles. The number of nitrogens with zero attached hydrogens (tertiary/aromatic N) is 2. The summed E-state index contributed by atoms with van der Waals surface area (Å²) in [7, 11) is 6.69. The molecule has 0 fully saturated rings. The van der Waals surface area contributed by atoms with Gasteiger partial charge in [-0.25, -0.2) is 0 Å². The van der Waals surface area contributed by atoms with E-state index in [1.54, 1.807) is 32.2 Å². The van der Waals surface area contributed by atoms with Gasteiger partial charge in [0, 0.05) is 19.7 Å². The van der Waals surface area contributed by atoms with Crippen molar-refractivity contribution in [2.24, 2.45) is 7.05 Å². The van der Waals surface area contributed by atoms with Gasteiger partial charge >= 0.3 is 0 Å². The number of nitrogens with one attached hydrogen (secondary N) is 1. The van der Waals surface area contributed by atoms with Gasteiger partial charge in [-0.3, -0.25) is 4.68 Å². The van der Waals surface area contributed by atoms with Gasteiger partial charge in [-0.15, -0.1) is 0 Å². The second kappa shape index (κ2) is 6.18. The molecular weight excluding hydrogens is 258 g/mol. The van der Waals surface area contributed by atoms with Crippen molar-refractivity contribution in [1.29, 1.82) is 0 Å². The van der Waals surface area contributed by atoms with Crippen LogP contribution in [0.3, 0.4) is 0 Å². The van der Waals surface area contributed by atoms with E-state index in [4.69, 9.17) is 14.2 Å². The van der Waals surface area contributed by atoms with Gasteiger partial charge in [0.25, 0.3) is 0 Å². The molecule has 0 unspecified atom stereocenters. The number of aromatic nitrogens is 2. The number of ether oxygens (including phenoxy) is 3. The Morgan fingerprint density at radius 1 is 1.10 bits per heavy atom.